The van der Waals surface area contributed by atoms with Gasteiger partial charge in [0, 0.05) is 16.5 Å². The van der Waals surface area contributed by atoms with Gasteiger partial charge in [-0.05, 0) is 18.2 Å². The van der Waals surface area contributed by atoms with Crippen molar-refractivity contribution in [3.05, 3.63) is 63.4 Å². The third-order valence-corrected chi connectivity index (χ3v) is 4.69. The number of aliphatic hydroxyl groups is 1. The minimum Gasteiger partial charge on any atom is -0.458 e. The highest BCUT2D eigenvalue weighted by Gasteiger charge is 2.33. The van der Waals surface area contributed by atoms with Crippen LogP contribution in [0.2, 0.25) is 0 Å². The summed E-state index contributed by atoms with van der Waals surface area (Å²) in [7, 11) is 0. The second kappa shape index (κ2) is 7.94. The summed E-state index contributed by atoms with van der Waals surface area (Å²) in [5.41, 5.74) is 3.57. The molecule has 0 radical (unpaired) electrons. The lowest BCUT2D eigenvalue weighted by Gasteiger charge is -2.21. The van der Waals surface area contributed by atoms with Gasteiger partial charge in [0.25, 0.3) is 5.56 Å². The second-order valence-corrected chi connectivity index (χ2v) is 6.05. The van der Waals surface area contributed by atoms with E-state index in [1.807, 2.05) is 58.0 Å². The molecule has 0 unspecified atom stereocenters. The number of para-hydroxylation sites is 1. The van der Waals surface area contributed by atoms with Crippen molar-refractivity contribution in [2.75, 3.05) is 0 Å². The molecule has 0 spiro atoms. The first-order chi connectivity index (χ1) is 13.6. The van der Waals surface area contributed by atoms with Gasteiger partial charge < -0.3 is 14.4 Å². The number of aliphatic hydroxyl groups excluding tert-OH is 1. The Labute approximate surface area is 163 Å². The van der Waals surface area contributed by atoms with Crippen LogP contribution < -0.4 is 5.56 Å². The van der Waals surface area contributed by atoms with Crippen LogP contribution >= 0.6 is 0 Å². The Morgan fingerprint density at radius 2 is 1.82 bits per heavy atom. The molecule has 0 fully saturated rings. The number of carbonyl (C=O) groups excluding carboxylic acids is 1. The van der Waals surface area contributed by atoms with Crippen molar-refractivity contribution >= 4 is 16.9 Å². The molecule has 0 saturated carbocycles. The van der Waals surface area contributed by atoms with Crippen LogP contribution in [-0.2, 0) is 22.7 Å². The van der Waals surface area contributed by atoms with E-state index in [1.165, 1.54) is 0 Å². The van der Waals surface area contributed by atoms with E-state index < -0.39 is 12.1 Å². The van der Waals surface area contributed by atoms with Gasteiger partial charge in [0.2, 0.25) is 0 Å². The van der Waals surface area contributed by atoms with Crippen LogP contribution in [0, 0.1) is 0 Å². The minimum absolute atomic E-state index is 0.101. The zero-order chi connectivity index (χ0) is 20.4. The monoisotopic (exact) mass is 380 g/mol. The summed E-state index contributed by atoms with van der Waals surface area (Å²) in [6, 6.07) is 11.5. The van der Waals surface area contributed by atoms with Crippen LogP contribution in [0.5, 0.6) is 0 Å². The Morgan fingerprint density at radius 1 is 1.11 bits per heavy atom. The van der Waals surface area contributed by atoms with Gasteiger partial charge >= 0.3 is 5.97 Å². The smallest absolute Gasteiger partial charge is 0.340 e. The van der Waals surface area contributed by atoms with Gasteiger partial charge in [0.05, 0.1) is 29.0 Å². The first-order valence-corrected chi connectivity index (χ1v) is 9.64. The zero-order valence-corrected chi connectivity index (χ0v) is 16.5. The molecule has 4 heterocycles. The van der Waals surface area contributed by atoms with Crippen molar-refractivity contribution in [3.63, 3.8) is 0 Å². The number of benzene rings is 1. The number of aromatic nitrogens is 2. The van der Waals surface area contributed by atoms with E-state index >= 15 is 0 Å². The molecule has 0 amide bonds. The summed E-state index contributed by atoms with van der Waals surface area (Å²) in [4.78, 5) is 29.0. The predicted octanol–water partition coefficient (Wildman–Crippen LogP) is 3.57. The summed E-state index contributed by atoms with van der Waals surface area (Å²) in [5, 5.41) is 11.1. The zero-order valence-electron chi connectivity index (χ0n) is 16.5. The molecule has 1 atom stereocenters. The highest BCUT2D eigenvalue weighted by Crippen LogP contribution is 2.34. The van der Waals surface area contributed by atoms with Crippen molar-refractivity contribution in [2.24, 2.45) is 0 Å². The maximum Gasteiger partial charge on any atom is 0.340 e. The van der Waals surface area contributed by atoms with E-state index in [0.717, 1.165) is 22.2 Å². The molecule has 1 aromatic carbocycles. The van der Waals surface area contributed by atoms with Crippen LogP contribution in [0.4, 0.5) is 0 Å². The molecule has 5 rings (SSSR count). The Balaban J connectivity index is 0.000000531. The quantitative estimate of drug-likeness (QED) is 0.472. The Morgan fingerprint density at radius 3 is 2.57 bits per heavy atom. The molecule has 0 bridgehead atoms. The average molecular weight is 380 g/mol. The number of fused-ring (bicyclic) bond motifs is 5. The van der Waals surface area contributed by atoms with Crippen molar-refractivity contribution in [1.29, 1.82) is 0 Å². The van der Waals surface area contributed by atoms with E-state index in [4.69, 9.17) is 4.74 Å². The molecule has 0 saturated heterocycles. The average Bonchev–Trinajstić information content (AvgIpc) is 3.10. The SMILES string of the molecule is CC.CC.O=C1OCc2c(cc3n(c2=O)Cc2cc4ccccc4nc2-3)[C@@H]1O. The number of cyclic esters (lactones) is 1. The molecular formula is C22H24N2O4. The van der Waals surface area contributed by atoms with Gasteiger partial charge in [0.15, 0.2) is 6.10 Å². The van der Waals surface area contributed by atoms with Gasteiger partial charge in [-0.1, -0.05) is 45.9 Å². The molecule has 2 aliphatic rings. The molecular weight excluding hydrogens is 356 g/mol. The lowest BCUT2D eigenvalue weighted by atomic mass is 10.0. The van der Waals surface area contributed by atoms with Crippen LogP contribution in [0.3, 0.4) is 0 Å². The third-order valence-electron chi connectivity index (χ3n) is 4.69. The molecule has 28 heavy (non-hydrogen) atoms. The van der Waals surface area contributed by atoms with E-state index in [2.05, 4.69) is 4.98 Å². The van der Waals surface area contributed by atoms with Crippen molar-refractivity contribution in [3.8, 4) is 11.4 Å². The van der Waals surface area contributed by atoms with E-state index in [9.17, 15) is 14.7 Å². The highest BCUT2D eigenvalue weighted by atomic mass is 16.5. The Kier molecular flexibility index (Phi) is 5.61. The van der Waals surface area contributed by atoms with Gasteiger partial charge in [-0.25, -0.2) is 9.78 Å². The normalized spacial score (nSPS) is 15.9. The van der Waals surface area contributed by atoms with Crippen LogP contribution in [0.1, 0.15) is 50.5 Å². The summed E-state index contributed by atoms with van der Waals surface area (Å²) in [5.74, 6) is -0.725. The number of carbonyl (C=O) groups is 1. The molecule has 2 aromatic heterocycles. The van der Waals surface area contributed by atoms with Crippen molar-refractivity contribution < 1.29 is 14.6 Å². The van der Waals surface area contributed by atoms with Crippen LogP contribution in [0.15, 0.2) is 41.2 Å². The fraction of sp³-hybridized carbons (Fsp3) is 0.318. The van der Waals surface area contributed by atoms with Crippen molar-refractivity contribution in [1.82, 2.24) is 9.55 Å². The maximum absolute atomic E-state index is 12.8. The van der Waals surface area contributed by atoms with E-state index in [1.54, 1.807) is 10.6 Å². The predicted molar refractivity (Wildman–Crippen MR) is 108 cm³/mol. The number of pyridine rings is 2. The number of hydrogen-bond acceptors (Lipinski definition) is 5. The minimum atomic E-state index is -1.42. The molecule has 1 N–H and O–H groups in total. The van der Waals surface area contributed by atoms with Gasteiger partial charge in [-0.3, -0.25) is 4.79 Å². The molecule has 146 valence electrons. The molecule has 2 aliphatic heterocycles. The van der Waals surface area contributed by atoms with E-state index in [-0.39, 0.29) is 12.2 Å². The standard InChI is InChI=1S/C18H12N2O4.2C2H6/c21-16-11-6-14-15-10(5-9-3-1-2-4-13(9)19-15)7-20(14)17(22)12(11)8-24-18(16)23;2*1-2/h1-6,16,21H,7-8H2;2*1-2H3/t16-;;/m0../s1. The van der Waals surface area contributed by atoms with Crippen LogP contribution in [0.25, 0.3) is 22.3 Å². The molecule has 0 aliphatic carbocycles. The number of ether oxygens (including phenoxy) is 1. The summed E-state index contributed by atoms with van der Waals surface area (Å²) < 4.78 is 6.51. The van der Waals surface area contributed by atoms with Crippen LogP contribution in [-0.4, -0.2) is 20.6 Å². The molecule has 3 aromatic rings. The van der Waals surface area contributed by atoms with Gasteiger partial charge in [-0.15, -0.1) is 0 Å². The largest absolute Gasteiger partial charge is 0.458 e. The fourth-order valence-electron chi connectivity index (χ4n) is 3.47. The topological polar surface area (TPSA) is 81.4 Å². The fourth-order valence-corrected chi connectivity index (χ4v) is 3.47. The number of hydrogen-bond donors (Lipinski definition) is 1. The summed E-state index contributed by atoms with van der Waals surface area (Å²) in [6.07, 6.45) is -1.42. The van der Waals surface area contributed by atoms with Gasteiger partial charge in [0.1, 0.15) is 6.61 Å². The van der Waals surface area contributed by atoms with E-state index in [0.29, 0.717) is 23.4 Å². The Bertz CT molecular complexity index is 1100. The third kappa shape index (κ3) is 2.99. The number of esters is 1. The Hall–Kier alpha value is -2.99. The second-order valence-electron chi connectivity index (χ2n) is 6.05. The highest BCUT2D eigenvalue weighted by molar-refractivity contribution is 5.84. The molecule has 6 nitrogen and oxygen atoms in total. The number of rotatable bonds is 0. The van der Waals surface area contributed by atoms with Gasteiger partial charge in [-0.2, -0.15) is 0 Å². The first-order valence-electron chi connectivity index (χ1n) is 9.64. The van der Waals surface area contributed by atoms with Crippen molar-refractivity contribution in [2.45, 2.75) is 47.0 Å². The number of nitrogens with zero attached hydrogens (tertiary/aromatic N) is 2. The lowest BCUT2D eigenvalue weighted by Crippen LogP contribution is -2.32. The lowest BCUT2D eigenvalue weighted by molar-refractivity contribution is -0.157. The maximum atomic E-state index is 12.8. The summed E-state index contributed by atoms with van der Waals surface area (Å²) in [6.45, 7) is 8.33. The summed E-state index contributed by atoms with van der Waals surface area (Å²) >= 11 is 0. The first kappa shape index (κ1) is 19.8. The molecule has 6 heteroatoms.